The van der Waals surface area contributed by atoms with E-state index in [0.29, 0.717) is 5.56 Å². The second-order valence-electron chi connectivity index (χ2n) is 2.81. The molecule has 0 saturated carbocycles. The van der Waals surface area contributed by atoms with Crippen LogP contribution < -0.4 is 0 Å². The average molecular weight is 206 g/mol. The molecule has 72 valence electrons. The molecule has 1 aromatic rings. The van der Waals surface area contributed by atoms with Crippen LogP contribution in [0.4, 0.5) is 0 Å². The Labute approximate surface area is 103 Å². The Morgan fingerprint density at radius 2 is 1.86 bits per heavy atom. The standard InChI is InChI=1S/C9H10O4.Na.H/c1-5(9(12)13)6-2-3-7(10)8(11)4-6;;/h2-5,10-11H,1H3,(H,12,13);;. The minimum atomic E-state index is -0.968. The summed E-state index contributed by atoms with van der Waals surface area (Å²) in [6.45, 7) is 1.51. The van der Waals surface area contributed by atoms with E-state index in [4.69, 9.17) is 15.3 Å². The molecule has 0 radical (unpaired) electrons. The van der Waals surface area contributed by atoms with Crippen LogP contribution in [0.25, 0.3) is 0 Å². The fraction of sp³-hybridized carbons (Fsp3) is 0.222. The summed E-state index contributed by atoms with van der Waals surface area (Å²) in [5, 5.41) is 26.7. The number of hydrogen-bond acceptors (Lipinski definition) is 3. The Kier molecular flexibility index (Phi) is 4.97. The van der Waals surface area contributed by atoms with Gasteiger partial charge in [-0.05, 0) is 24.6 Å². The number of rotatable bonds is 2. The molecule has 0 heterocycles. The van der Waals surface area contributed by atoms with Crippen molar-refractivity contribution in [1.29, 1.82) is 0 Å². The molecule has 1 atom stereocenters. The van der Waals surface area contributed by atoms with Gasteiger partial charge in [0.2, 0.25) is 0 Å². The van der Waals surface area contributed by atoms with Gasteiger partial charge in [0.15, 0.2) is 11.5 Å². The van der Waals surface area contributed by atoms with Crippen molar-refractivity contribution in [2.24, 2.45) is 0 Å². The number of phenolic OH excluding ortho intramolecular Hbond substituents is 2. The zero-order chi connectivity index (χ0) is 10.0. The van der Waals surface area contributed by atoms with Crippen LogP contribution in [-0.4, -0.2) is 50.8 Å². The van der Waals surface area contributed by atoms with E-state index in [2.05, 4.69) is 0 Å². The molecule has 1 rings (SSSR count). The van der Waals surface area contributed by atoms with Crippen LogP contribution >= 0.6 is 0 Å². The first-order valence-electron chi connectivity index (χ1n) is 3.77. The number of benzene rings is 1. The van der Waals surface area contributed by atoms with Gasteiger partial charge in [0.05, 0.1) is 5.92 Å². The van der Waals surface area contributed by atoms with Crippen molar-refractivity contribution in [2.45, 2.75) is 12.8 Å². The Hall–Kier alpha value is -0.710. The van der Waals surface area contributed by atoms with Crippen molar-refractivity contribution in [3.05, 3.63) is 23.8 Å². The third kappa shape index (κ3) is 2.90. The van der Waals surface area contributed by atoms with E-state index < -0.39 is 11.9 Å². The SMILES string of the molecule is CC(C(=O)O)c1ccc(O)c(O)c1.[NaH]. The minimum absolute atomic E-state index is 0. The molecule has 0 amide bonds. The van der Waals surface area contributed by atoms with Crippen LogP contribution in [0.3, 0.4) is 0 Å². The predicted molar refractivity (Wildman–Crippen MR) is 53.0 cm³/mol. The number of hydrogen-bond donors (Lipinski definition) is 3. The summed E-state index contributed by atoms with van der Waals surface area (Å²) in [5.41, 5.74) is 0.461. The first-order valence-corrected chi connectivity index (χ1v) is 3.77. The number of carboxylic acid groups (broad SMARTS) is 1. The van der Waals surface area contributed by atoms with Gasteiger partial charge in [0.1, 0.15) is 0 Å². The molecule has 1 unspecified atom stereocenters. The first kappa shape index (κ1) is 13.3. The third-order valence-electron chi connectivity index (χ3n) is 1.87. The van der Waals surface area contributed by atoms with Gasteiger partial charge in [-0.2, -0.15) is 0 Å². The van der Waals surface area contributed by atoms with Crippen LogP contribution in [0.1, 0.15) is 18.4 Å². The number of carbonyl (C=O) groups is 1. The third-order valence-corrected chi connectivity index (χ3v) is 1.87. The van der Waals surface area contributed by atoms with Crippen molar-refractivity contribution < 1.29 is 20.1 Å². The Balaban J connectivity index is 0.00000169. The van der Waals surface area contributed by atoms with Crippen LogP contribution in [0.5, 0.6) is 11.5 Å². The molecule has 3 N–H and O–H groups in total. The molecular weight excluding hydrogens is 195 g/mol. The molecule has 14 heavy (non-hydrogen) atoms. The fourth-order valence-electron chi connectivity index (χ4n) is 0.952. The molecule has 5 heteroatoms. The van der Waals surface area contributed by atoms with E-state index in [1.807, 2.05) is 0 Å². The summed E-state index contributed by atoms with van der Waals surface area (Å²) in [5.74, 6) is -2.21. The molecule has 0 aliphatic carbocycles. The number of aliphatic carboxylic acids is 1. The Morgan fingerprint density at radius 3 is 2.29 bits per heavy atom. The van der Waals surface area contributed by atoms with Gasteiger partial charge in [-0.25, -0.2) is 0 Å². The van der Waals surface area contributed by atoms with E-state index in [1.54, 1.807) is 0 Å². The van der Waals surface area contributed by atoms with E-state index in [1.165, 1.54) is 25.1 Å². The molecule has 0 aliphatic heterocycles. The van der Waals surface area contributed by atoms with Gasteiger partial charge in [-0.3, -0.25) is 4.79 Å². The van der Waals surface area contributed by atoms with Crippen LogP contribution in [-0.2, 0) is 4.79 Å². The fourth-order valence-corrected chi connectivity index (χ4v) is 0.952. The van der Waals surface area contributed by atoms with Gasteiger partial charge in [0.25, 0.3) is 0 Å². The van der Waals surface area contributed by atoms with Gasteiger partial charge in [-0.1, -0.05) is 6.07 Å². The zero-order valence-corrected chi connectivity index (χ0v) is 7.06. The molecule has 0 fully saturated rings. The van der Waals surface area contributed by atoms with Crippen molar-refractivity contribution >= 4 is 35.5 Å². The van der Waals surface area contributed by atoms with E-state index >= 15 is 0 Å². The molecule has 4 nitrogen and oxygen atoms in total. The van der Waals surface area contributed by atoms with Gasteiger partial charge < -0.3 is 15.3 Å². The van der Waals surface area contributed by atoms with Gasteiger partial charge in [0, 0.05) is 0 Å². The number of phenols is 2. The Morgan fingerprint density at radius 1 is 1.29 bits per heavy atom. The Bertz CT molecular complexity index is 338. The second kappa shape index (κ2) is 5.24. The second-order valence-corrected chi connectivity index (χ2v) is 2.81. The van der Waals surface area contributed by atoms with Crippen molar-refractivity contribution in [2.75, 3.05) is 0 Å². The molecule has 0 bridgehead atoms. The number of carboxylic acids is 1. The molecule has 1 aromatic carbocycles. The van der Waals surface area contributed by atoms with Crippen LogP contribution in [0, 0.1) is 0 Å². The molecule has 0 aromatic heterocycles. The average Bonchev–Trinajstić information content (AvgIpc) is 2.08. The molecule has 0 spiro atoms. The summed E-state index contributed by atoms with van der Waals surface area (Å²) >= 11 is 0. The molecule has 0 saturated heterocycles. The van der Waals surface area contributed by atoms with Crippen LogP contribution in [0.15, 0.2) is 18.2 Å². The van der Waals surface area contributed by atoms with E-state index in [0.717, 1.165) is 0 Å². The first-order chi connectivity index (χ1) is 6.02. The summed E-state index contributed by atoms with van der Waals surface area (Å²) in [4.78, 5) is 10.6. The van der Waals surface area contributed by atoms with Crippen LogP contribution in [0.2, 0.25) is 0 Å². The number of aromatic hydroxyl groups is 2. The van der Waals surface area contributed by atoms with Crippen molar-refractivity contribution in [3.8, 4) is 11.5 Å². The van der Waals surface area contributed by atoms with E-state index in [-0.39, 0.29) is 41.1 Å². The maximum atomic E-state index is 10.6. The molecular formula is C9H11NaO4. The maximum absolute atomic E-state index is 10.6. The predicted octanol–water partition coefficient (Wildman–Crippen LogP) is 0.637. The van der Waals surface area contributed by atoms with E-state index in [9.17, 15) is 4.79 Å². The zero-order valence-electron chi connectivity index (χ0n) is 7.06. The van der Waals surface area contributed by atoms with Gasteiger partial charge in [-0.15, -0.1) is 0 Å². The normalized spacial score (nSPS) is 11.5. The summed E-state index contributed by atoms with van der Waals surface area (Å²) in [6.07, 6.45) is 0. The molecule has 0 aliphatic rings. The quantitative estimate of drug-likeness (QED) is 0.490. The summed E-state index contributed by atoms with van der Waals surface area (Å²) in [7, 11) is 0. The van der Waals surface area contributed by atoms with Gasteiger partial charge >= 0.3 is 35.5 Å². The summed E-state index contributed by atoms with van der Waals surface area (Å²) < 4.78 is 0. The topological polar surface area (TPSA) is 77.8 Å². The van der Waals surface area contributed by atoms with Crippen molar-refractivity contribution in [1.82, 2.24) is 0 Å². The monoisotopic (exact) mass is 206 g/mol. The summed E-state index contributed by atoms with van der Waals surface area (Å²) in [6, 6.07) is 3.98. The van der Waals surface area contributed by atoms with Crippen molar-refractivity contribution in [3.63, 3.8) is 0 Å².